The Labute approximate surface area is 182 Å². The number of thiocarbonyl (C=S) groups is 1. The standard InChI is InChI=1S/C18H12Br2N4O3S/c19-10-5-7-11(8-6-10)24-17(27)13(15(25)22-18(24)28)9-21-23-16(26)12-3-1-2-4-14(12)20/h1-9,13H,(H,23,26)(H,22,25,28)/b21-9-/t13-/m1/s1. The monoisotopic (exact) mass is 522 g/mol. The average Bonchev–Trinajstić information content (AvgIpc) is 2.66. The molecular formula is C18H12Br2N4O3S. The lowest BCUT2D eigenvalue weighted by molar-refractivity contribution is -0.130. The van der Waals surface area contributed by atoms with Crippen LogP contribution >= 0.6 is 44.1 Å². The van der Waals surface area contributed by atoms with E-state index < -0.39 is 23.6 Å². The van der Waals surface area contributed by atoms with Gasteiger partial charge in [-0.1, -0.05) is 28.1 Å². The summed E-state index contributed by atoms with van der Waals surface area (Å²) in [5.74, 6) is -2.88. The highest BCUT2D eigenvalue weighted by atomic mass is 79.9. The van der Waals surface area contributed by atoms with Gasteiger partial charge in [0.05, 0.1) is 11.3 Å². The summed E-state index contributed by atoms with van der Waals surface area (Å²) in [5, 5.41) is 6.24. The van der Waals surface area contributed by atoms with Crippen molar-refractivity contribution in [3.63, 3.8) is 0 Å². The zero-order chi connectivity index (χ0) is 20.3. The number of rotatable bonds is 4. The molecule has 10 heteroatoms. The maximum atomic E-state index is 12.8. The lowest BCUT2D eigenvalue weighted by Crippen LogP contribution is -2.58. The Kier molecular flexibility index (Phi) is 6.32. The molecule has 2 aromatic rings. The Balaban J connectivity index is 1.76. The SMILES string of the molecule is O=C(N/N=C\[C@@H]1C(=O)NC(=S)N(c2ccc(Br)cc2)C1=O)c1ccccc1Br. The second-order valence-corrected chi connectivity index (χ2v) is 7.78. The third-order valence-electron chi connectivity index (χ3n) is 3.80. The van der Waals surface area contributed by atoms with Crippen molar-refractivity contribution in [2.45, 2.75) is 0 Å². The van der Waals surface area contributed by atoms with E-state index in [1.807, 2.05) is 0 Å². The first-order valence-corrected chi connectivity index (χ1v) is 9.90. The number of hydrogen-bond donors (Lipinski definition) is 2. The fourth-order valence-electron chi connectivity index (χ4n) is 2.43. The van der Waals surface area contributed by atoms with Crippen LogP contribution in [0.1, 0.15) is 10.4 Å². The first-order chi connectivity index (χ1) is 13.4. The number of nitrogens with one attached hydrogen (secondary N) is 2. The molecule has 0 aromatic heterocycles. The molecule has 1 heterocycles. The highest BCUT2D eigenvalue weighted by molar-refractivity contribution is 9.10. The van der Waals surface area contributed by atoms with Crippen molar-refractivity contribution in [3.05, 3.63) is 63.0 Å². The van der Waals surface area contributed by atoms with Gasteiger partial charge in [-0.2, -0.15) is 5.10 Å². The normalized spacial score (nSPS) is 17.0. The van der Waals surface area contributed by atoms with Gasteiger partial charge in [0.25, 0.3) is 11.8 Å². The van der Waals surface area contributed by atoms with E-state index in [1.54, 1.807) is 48.5 Å². The van der Waals surface area contributed by atoms with Crippen molar-refractivity contribution < 1.29 is 14.4 Å². The van der Waals surface area contributed by atoms with Crippen LogP contribution in [0.4, 0.5) is 5.69 Å². The fourth-order valence-corrected chi connectivity index (χ4v) is 3.46. The lowest BCUT2D eigenvalue weighted by atomic mass is 10.1. The predicted molar refractivity (Wildman–Crippen MR) is 116 cm³/mol. The first-order valence-electron chi connectivity index (χ1n) is 7.91. The van der Waals surface area contributed by atoms with Crippen LogP contribution in [0.2, 0.25) is 0 Å². The molecule has 3 rings (SSSR count). The molecule has 0 unspecified atom stereocenters. The number of amides is 3. The summed E-state index contributed by atoms with van der Waals surface area (Å²) in [6, 6.07) is 13.7. The third kappa shape index (κ3) is 4.34. The fraction of sp³-hybridized carbons (Fsp3) is 0.0556. The van der Waals surface area contributed by atoms with E-state index in [4.69, 9.17) is 12.2 Å². The molecule has 0 spiro atoms. The van der Waals surface area contributed by atoms with E-state index in [9.17, 15) is 14.4 Å². The van der Waals surface area contributed by atoms with Gasteiger partial charge < -0.3 is 5.32 Å². The van der Waals surface area contributed by atoms with Crippen molar-refractivity contribution in [1.29, 1.82) is 0 Å². The highest BCUT2D eigenvalue weighted by Gasteiger charge is 2.38. The van der Waals surface area contributed by atoms with E-state index in [2.05, 4.69) is 47.7 Å². The number of hydrogen-bond acceptors (Lipinski definition) is 5. The van der Waals surface area contributed by atoms with E-state index in [-0.39, 0.29) is 5.11 Å². The van der Waals surface area contributed by atoms with Crippen LogP contribution in [0.15, 0.2) is 62.6 Å². The maximum Gasteiger partial charge on any atom is 0.272 e. The molecule has 142 valence electrons. The summed E-state index contributed by atoms with van der Waals surface area (Å²) in [5.41, 5.74) is 3.19. The van der Waals surface area contributed by atoms with Crippen LogP contribution in [0.5, 0.6) is 0 Å². The molecule has 1 aliphatic rings. The molecular weight excluding hydrogens is 512 g/mol. The van der Waals surface area contributed by atoms with Crippen LogP contribution in [-0.2, 0) is 9.59 Å². The van der Waals surface area contributed by atoms with E-state index >= 15 is 0 Å². The highest BCUT2D eigenvalue weighted by Crippen LogP contribution is 2.22. The molecule has 1 fully saturated rings. The molecule has 0 radical (unpaired) electrons. The molecule has 7 nitrogen and oxygen atoms in total. The number of nitrogens with zero attached hydrogens (tertiary/aromatic N) is 2. The number of hydrazone groups is 1. The van der Waals surface area contributed by atoms with Crippen molar-refractivity contribution in [1.82, 2.24) is 10.7 Å². The molecule has 3 amide bonds. The Morgan fingerprint density at radius 2 is 1.82 bits per heavy atom. The van der Waals surface area contributed by atoms with E-state index in [0.29, 0.717) is 15.7 Å². The van der Waals surface area contributed by atoms with Gasteiger partial charge in [0.2, 0.25) is 5.91 Å². The maximum absolute atomic E-state index is 12.8. The molecule has 0 bridgehead atoms. The Hall–Kier alpha value is -2.43. The minimum atomic E-state index is -1.23. The van der Waals surface area contributed by atoms with Crippen molar-refractivity contribution in [3.8, 4) is 0 Å². The van der Waals surface area contributed by atoms with Crippen LogP contribution in [0.25, 0.3) is 0 Å². The summed E-state index contributed by atoms with van der Waals surface area (Å²) in [6.45, 7) is 0. The summed E-state index contributed by atoms with van der Waals surface area (Å²) in [6.07, 6.45) is 1.08. The molecule has 0 aliphatic carbocycles. The van der Waals surface area contributed by atoms with Gasteiger partial charge in [-0.15, -0.1) is 0 Å². The predicted octanol–water partition coefficient (Wildman–Crippen LogP) is 2.99. The van der Waals surface area contributed by atoms with Crippen LogP contribution < -0.4 is 15.6 Å². The van der Waals surface area contributed by atoms with Gasteiger partial charge in [-0.3, -0.25) is 19.3 Å². The van der Waals surface area contributed by atoms with E-state index in [1.165, 1.54) is 4.90 Å². The number of halogens is 2. The summed E-state index contributed by atoms with van der Waals surface area (Å²) in [4.78, 5) is 38.3. The topological polar surface area (TPSA) is 90.9 Å². The van der Waals surface area contributed by atoms with Gasteiger partial charge in [0.15, 0.2) is 11.0 Å². The summed E-state index contributed by atoms with van der Waals surface area (Å²) >= 11 is 11.7. The number of carbonyl (C=O) groups excluding carboxylic acids is 3. The second-order valence-electron chi connectivity index (χ2n) is 5.62. The van der Waals surface area contributed by atoms with E-state index in [0.717, 1.165) is 10.7 Å². The van der Waals surface area contributed by atoms with Crippen molar-refractivity contribution in [2.75, 3.05) is 4.90 Å². The number of benzene rings is 2. The first kappa shape index (κ1) is 20.3. The third-order valence-corrected chi connectivity index (χ3v) is 5.30. The van der Waals surface area contributed by atoms with Gasteiger partial charge in [0, 0.05) is 15.2 Å². The van der Waals surface area contributed by atoms with Crippen molar-refractivity contribution >= 4 is 78.8 Å². The Morgan fingerprint density at radius 3 is 2.50 bits per heavy atom. The second kappa shape index (κ2) is 8.72. The summed E-state index contributed by atoms with van der Waals surface area (Å²) in [7, 11) is 0. The largest absolute Gasteiger partial charge is 0.301 e. The van der Waals surface area contributed by atoms with Crippen LogP contribution in [-0.4, -0.2) is 29.0 Å². The quantitative estimate of drug-likeness (QED) is 0.279. The zero-order valence-corrected chi connectivity index (χ0v) is 18.0. The van der Waals surface area contributed by atoms with Crippen molar-refractivity contribution in [2.24, 2.45) is 11.0 Å². The molecule has 0 saturated carbocycles. The van der Waals surface area contributed by atoms with Gasteiger partial charge in [0.1, 0.15) is 0 Å². The zero-order valence-electron chi connectivity index (χ0n) is 14.1. The number of carbonyl (C=O) groups is 3. The Bertz CT molecular complexity index is 995. The molecule has 1 atom stereocenters. The Morgan fingerprint density at radius 1 is 1.14 bits per heavy atom. The van der Waals surface area contributed by atoms with Gasteiger partial charge in [-0.05, 0) is 64.5 Å². The molecule has 2 N–H and O–H groups in total. The average molecular weight is 524 g/mol. The van der Waals surface area contributed by atoms with Crippen LogP contribution in [0.3, 0.4) is 0 Å². The minimum Gasteiger partial charge on any atom is -0.301 e. The van der Waals surface area contributed by atoms with Gasteiger partial charge in [-0.25, -0.2) is 5.43 Å². The molecule has 1 saturated heterocycles. The van der Waals surface area contributed by atoms with Crippen LogP contribution in [0, 0.1) is 5.92 Å². The smallest absolute Gasteiger partial charge is 0.272 e. The number of anilines is 1. The molecule has 1 aliphatic heterocycles. The lowest BCUT2D eigenvalue weighted by Gasteiger charge is -2.30. The minimum absolute atomic E-state index is 0.0146. The summed E-state index contributed by atoms with van der Waals surface area (Å²) < 4.78 is 1.43. The molecule has 28 heavy (non-hydrogen) atoms. The van der Waals surface area contributed by atoms with Gasteiger partial charge >= 0.3 is 0 Å². The molecule has 2 aromatic carbocycles.